The lowest BCUT2D eigenvalue weighted by Gasteiger charge is -2.17. The van der Waals surface area contributed by atoms with Crippen LogP contribution in [0.2, 0.25) is 0 Å². The zero-order chi connectivity index (χ0) is 13.8. The molecule has 19 heavy (non-hydrogen) atoms. The minimum Gasteiger partial charge on any atom is -0.494 e. The second-order valence-corrected chi connectivity index (χ2v) is 4.40. The number of nitrogens with zero attached hydrogens (tertiary/aromatic N) is 2. The Bertz CT molecular complexity index is 531. The first-order valence-corrected chi connectivity index (χ1v) is 6.35. The molecule has 0 bridgehead atoms. The molecule has 0 aliphatic rings. The molecular formula is C14H20N4O. The van der Waals surface area contributed by atoms with Crippen LogP contribution in [-0.4, -0.2) is 16.4 Å². The summed E-state index contributed by atoms with van der Waals surface area (Å²) >= 11 is 0. The number of hydrogen-bond donors (Lipinski definition) is 2. The van der Waals surface area contributed by atoms with Gasteiger partial charge in [0.25, 0.3) is 0 Å². The van der Waals surface area contributed by atoms with Crippen molar-refractivity contribution in [2.45, 2.75) is 19.9 Å². The van der Waals surface area contributed by atoms with Gasteiger partial charge in [0.2, 0.25) is 0 Å². The van der Waals surface area contributed by atoms with Crippen LogP contribution in [0.5, 0.6) is 5.75 Å². The standard InChI is InChI=1S/C14H20N4O/c1-4-19-13-8-6-5-7-11(13)14(16-15)12-9-10(2)18(3)17-12/h5-9,14,16H,4,15H2,1-3H3. The number of nitrogens with one attached hydrogen (secondary N) is 1. The Labute approximate surface area is 113 Å². The maximum absolute atomic E-state index is 5.71. The van der Waals surface area contributed by atoms with Gasteiger partial charge in [-0.3, -0.25) is 10.5 Å². The first-order chi connectivity index (χ1) is 9.17. The van der Waals surface area contributed by atoms with Crippen molar-refractivity contribution in [3.05, 3.63) is 47.3 Å². The smallest absolute Gasteiger partial charge is 0.124 e. The molecule has 102 valence electrons. The minimum absolute atomic E-state index is 0.178. The third-order valence-corrected chi connectivity index (χ3v) is 3.12. The lowest BCUT2D eigenvalue weighted by atomic mass is 10.0. The molecule has 0 aliphatic carbocycles. The van der Waals surface area contributed by atoms with E-state index in [1.54, 1.807) is 0 Å². The summed E-state index contributed by atoms with van der Waals surface area (Å²) in [5.74, 6) is 6.54. The van der Waals surface area contributed by atoms with Gasteiger partial charge >= 0.3 is 0 Å². The summed E-state index contributed by atoms with van der Waals surface area (Å²) in [5.41, 5.74) is 5.78. The summed E-state index contributed by atoms with van der Waals surface area (Å²) in [5, 5.41) is 4.48. The number of hydrogen-bond acceptors (Lipinski definition) is 4. The quantitative estimate of drug-likeness (QED) is 0.634. The molecule has 0 saturated heterocycles. The van der Waals surface area contributed by atoms with Crippen LogP contribution in [0.15, 0.2) is 30.3 Å². The van der Waals surface area contributed by atoms with Gasteiger partial charge in [0, 0.05) is 18.3 Å². The molecule has 0 amide bonds. The number of para-hydroxylation sites is 1. The lowest BCUT2D eigenvalue weighted by molar-refractivity contribution is 0.333. The first-order valence-electron chi connectivity index (χ1n) is 6.35. The van der Waals surface area contributed by atoms with Gasteiger partial charge in [-0.05, 0) is 26.0 Å². The topological polar surface area (TPSA) is 65.1 Å². The van der Waals surface area contributed by atoms with Crippen molar-refractivity contribution in [1.82, 2.24) is 15.2 Å². The van der Waals surface area contributed by atoms with Crippen molar-refractivity contribution in [1.29, 1.82) is 0 Å². The van der Waals surface area contributed by atoms with E-state index in [2.05, 4.69) is 10.5 Å². The molecule has 0 fully saturated rings. The molecule has 1 unspecified atom stereocenters. The highest BCUT2D eigenvalue weighted by molar-refractivity contribution is 5.40. The fourth-order valence-corrected chi connectivity index (χ4v) is 2.07. The van der Waals surface area contributed by atoms with Crippen LogP contribution in [0, 0.1) is 6.92 Å². The SMILES string of the molecule is CCOc1ccccc1C(NN)c1cc(C)n(C)n1. The molecule has 0 saturated carbocycles. The molecule has 0 spiro atoms. The molecule has 0 radical (unpaired) electrons. The molecule has 1 aromatic carbocycles. The van der Waals surface area contributed by atoms with E-state index in [0.29, 0.717) is 6.61 Å². The van der Waals surface area contributed by atoms with Gasteiger partial charge in [-0.1, -0.05) is 18.2 Å². The summed E-state index contributed by atoms with van der Waals surface area (Å²) < 4.78 is 7.48. The van der Waals surface area contributed by atoms with Crippen LogP contribution in [0.1, 0.15) is 29.9 Å². The van der Waals surface area contributed by atoms with Gasteiger partial charge in [0.15, 0.2) is 0 Å². The van der Waals surface area contributed by atoms with E-state index in [-0.39, 0.29) is 6.04 Å². The predicted octanol–water partition coefficient (Wildman–Crippen LogP) is 1.68. The third-order valence-electron chi connectivity index (χ3n) is 3.12. The first kappa shape index (κ1) is 13.6. The van der Waals surface area contributed by atoms with Gasteiger partial charge in [0.05, 0.1) is 18.3 Å². The molecule has 0 aliphatic heterocycles. The largest absolute Gasteiger partial charge is 0.494 e. The van der Waals surface area contributed by atoms with E-state index in [1.807, 2.05) is 55.9 Å². The number of benzene rings is 1. The predicted molar refractivity (Wildman–Crippen MR) is 74.7 cm³/mol. The van der Waals surface area contributed by atoms with Gasteiger partial charge < -0.3 is 4.74 Å². The fraction of sp³-hybridized carbons (Fsp3) is 0.357. The Kier molecular flexibility index (Phi) is 4.19. The van der Waals surface area contributed by atoms with Gasteiger partial charge in [0.1, 0.15) is 5.75 Å². The molecule has 3 N–H and O–H groups in total. The normalized spacial score (nSPS) is 12.4. The molecule has 2 rings (SSSR count). The van der Waals surface area contributed by atoms with Crippen LogP contribution < -0.4 is 16.0 Å². The van der Waals surface area contributed by atoms with E-state index >= 15 is 0 Å². The second kappa shape index (κ2) is 5.86. The molecule has 2 aromatic rings. The Morgan fingerprint density at radius 3 is 2.74 bits per heavy atom. The number of ether oxygens (including phenoxy) is 1. The van der Waals surface area contributed by atoms with E-state index in [9.17, 15) is 0 Å². The average molecular weight is 260 g/mol. The number of nitrogens with two attached hydrogens (primary N) is 1. The monoisotopic (exact) mass is 260 g/mol. The van der Waals surface area contributed by atoms with Crippen molar-refractivity contribution >= 4 is 0 Å². The molecule has 1 heterocycles. The van der Waals surface area contributed by atoms with E-state index in [1.165, 1.54) is 0 Å². The Hall–Kier alpha value is -1.85. The van der Waals surface area contributed by atoms with Crippen LogP contribution in [-0.2, 0) is 7.05 Å². The van der Waals surface area contributed by atoms with Crippen LogP contribution in [0.25, 0.3) is 0 Å². The number of rotatable bonds is 5. The molecule has 1 atom stereocenters. The maximum atomic E-state index is 5.71. The van der Waals surface area contributed by atoms with Gasteiger partial charge in [-0.2, -0.15) is 5.10 Å². The number of aromatic nitrogens is 2. The Morgan fingerprint density at radius 2 is 2.16 bits per heavy atom. The number of hydrazine groups is 1. The average Bonchev–Trinajstić information content (AvgIpc) is 2.73. The summed E-state index contributed by atoms with van der Waals surface area (Å²) in [7, 11) is 1.92. The van der Waals surface area contributed by atoms with Crippen molar-refractivity contribution in [2.75, 3.05) is 6.61 Å². The highest BCUT2D eigenvalue weighted by Crippen LogP contribution is 2.29. The zero-order valence-corrected chi connectivity index (χ0v) is 11.6. The summed E-state index contributed by atoms with van der Waals surface area (Å²) in [6, 6.07) is 9.71. The highest BCUT2D eigenvalue weighted by atomic mass is 16.5. The molecule has 5 nitrogen and oxygen atoms in total. The van der Waals surface area contributed by atoms with E-state index < -0.39 is 0 Å². The molecule has 5 heteroatoms. The van der Waals surface area contributed by atoms with Crippen molar-refractivity contribution < 1.29 is 4.74 Å². The Balaban J connectivity index is 2.41. The van der Waals surface area contributed by atoms with Gasteiger partial charge in [-0.15, -0.1) is 0 Å². The lowest BCUT2D eigenvalue weighted by Crippen LogP contribution is -2.29. The fourth-order valence-electron chi connectivity index (χ4n) is 2.07. The third kappa shape index (κ3) is 2.77. The van der Waals surface area contributed by atoms with Crippen molar-refractivity contribution in [2.24, 2.45) is 12.9 Å². The summed E-state index contributed by atoms with van der Waals surface area (Å²) in [6.07, 6.45) is 0. The highest BCUT2D eigenvalue weighted by Gasteiger charge is 2.19. The summed E-state index contributed by atoms with van der Waals surface area (Å²) in [4.78, 5) is 0. The van der Waals surface area contributed by atoms with E-state index in [0.717, 1.165) is 22.7 Å². The van der Waals surface area contributed by atoms with Crippen molar-refractivity contribution in [3.63, 3.8) is 0 Å². The maximum Gasteiger partial charge on any atom is 0.124 e. The second-order valence-electron chi connectivity index (χ2n) is 4.40. The van der Waals surface area contributed by atoms with Crippen LogP contribution in [0.4, 0.5) is 0 Å². The van der Waals surface area contributed by atoms with Crippen LogP contribution >= 0.6 is 0 Å². The zero-order valence-electron chi connectivity index (χ0n) is 11.6. The molecule has 1 aromatic heterocycles. The minimum atomic E-state index is -0.178. The van der Waals surface area contributed by atoms with Crippen LogP contribution in [0.3, 0.4) is 0 Å². The van der Waals surface area contributed by atoms with Crippen molar-refractivity contribution in [3.8, 4) is 5.75 Å². The molecular weight excluding hydrogens is 240 g/mol. The number of aryl methyl sites for hydroxylation is 2. The van der Waals surface area contributed by atoms with E-state index in [4.69, 9.17) is 10.6 Å². The summed E-state index contributed by atoms with van der Waals surface area (Å²) in [6.45, 7) is 4.60. The Morgan fingerprint density at radius 1 is 1.42 bits per heavy atom. The van der Waals surface area contributed by atoms with Gasteiger partial charge in [-0.25, -0.2) is 5.43 Å².